The van der Waals surface area contributed by atoms with Crippen LogP contribution in [-0.4, -0.2) is 39.6 Å². The van der Waals surface area contributed by atoms with Gasteiger partial charge < -0.3 is 23.8 Å². The lowest BCUT2D eigenvalue weighted by Gasteiger charge is -2.23. The third kappa shape index (κ3) is 4.87. The predicted molar refractivity (Wildman–Crippen MR) is 117 cm³/mol. The van der Waals surface area contributed by atoms with Crippen molar-refractivity contribution in [2.24, 2.45) is 13.0 Å². The van der Waals surface area contributed by atoms with Gasteiger partial charge in [0.15, 0.2) is 28.2 Å². The number of ether oxygens (including phenoxy) is 2. The largest absolute Gasteiger partial charge is 0.490 e. The minimum atomic E-state index is -0.136. The van der Waals surface area contributed by atoms with Crippen molar-refractivity contribution in [3.63, 3.8) is 0 Å². The zero-order valence-corrected chi connectivity index (χ0v) is 18.6. The Morgan fingerprint density at radius 1 is 1.19 bits per heavy atom. The number of furan rings is 1. The van der Waals surface area contributed by atoms with Gasteiger partial charge in [-0.15, -0.1) is 10.2 Å². The number of carbonyl (C=O) groups excluding carboxylic acids is 1. The Kier molecular flexibility index (Phi) is 6.50. The highest BCUT2D eigenvalue weighted by Crippen LogP contribution is 2.34. The molecule has 1 aliphatic rings. The highest BCUT2D eigenvalue weighted by atomic mass is 32.2. The summed E-state index contributed by atoms with van der Waals surface area (Å²) >= 11 is 1.34. The van der Waals surface area contributed by atoms with Crippen molar-refractivity contribution < 1.29 is 18.7 Å². The molecule has 0 spiro atoms. The van der Waals surface area contributed by atoms with E-state index in [2.05, 4.69) is 29.4 Å². The van der Waals surface area contributed by atoms with Gasteiger partial charge in [-0.3, -0.25) is 4.79 Å². The summed E-state index contributed by atoms with van der Waals surface area (Å²) in [4.78, 5) is 12.7. The molecule has 0 fully saturated rings. The second-order valence-electron chi connectivity index (χ2n) is 7.68. The molecule has 0 saturated heterocycles. The molecule has 1 atom stereocenters. The van der Waals surface area contributed by atoms with E-state index in [1.807, 2.05) is 35.9 Å². The summed E-state index contributed by atoms with van der Waals surface area (Å²) in [5.41, 5.74) is 0.997. The van der Waals surface area contributed by atoms with Crippen molar-refractivity contribution in [1.29, 1.82) is 0 Å². The van der Waals surface area contributed by atoms with Crippen molar-refractivity contribution in [3.05, 3.63) is 42.2 Å². The number of thioether (sulfide) groups is 1. The minimum Gasteiger partial charge on any atom is -0.490 e. The fourth-order valence-electron chi connectivity index (χ4n) is 3.41. The molecule has 2 aromatic heterocycles. The molecule has 0 aliphatic carbocycles. The zero-order valence-electron chi connectivity index (χ0n) is 17.8. The lowest BCUT2D eigenvalue weighted by Crippen LogP contribution is -2.33. The number of hydrogen-bond acceptors (Lipinski definition) is 7. The first-order valence-electron chi connectivity index (χ1n) is 10.3. The summed E-state index contributed by atoms with van der Waals surface area (Å²) in [5.74, 6) is 3.12. The van der Waals surface area contributed by atoms with E-state index in [4.69, 9.17) is 13.9 Å². The molecule has 1 N–H and O–H groups in total. The molecule has 0 radical (unpaired) electrons. The number of carbonyl (C=O) groups is 1. The first kappa shape index (κ1) is 21.3. The molecule has 3 aromatic rings. The van der Waals surface area contributed by atoms with Crippen LogP contribution in [0.25, 0.3) is 11.6 Å². The first-order valence-corrected chi connectivity index (χ1v) is 11.3. The van der Waals surface area contributed by atoms with Crippen LogP contribution in [0.1, 0.15) is 31.9 Å². The smallest absolute Gasteiger partial charge is 0.230 e. The number of hydrogen-bond donors (Lipinski definition) is 1. The van der Waals surface area contributed by atoms with E-state index in [9.17, 15) is 4.79 Å². The van der Waals surface area contributed by atoms with Crippen molar-refractivity contribution in [2.45, 2.75) is 31.5 Å². The van der Waals surface area contributed by atoms with E-state index < -0.39 is 0 Å². The average Bonchev–Trinajstić information content (AvgIpc) is 3.34. The van der Waals surface area contributed by atoms with Crippen LogP contribution in [0.5, 0.6) is 11.5 Å². The number of benzene rings is 1. The molecule has 4 rings (SSSR count). The van der Waals surface area contributed by atoms with Gasteiger partial charge in [0, 0.05) is 13.5 Å². The fraction of sp³-hybridized carbons (Fsp3) is 0.409. The molecular weight excluding hydrogens is 416 g/mol. The van der Waals surface area contributed by atoms with Crippen molar-refractivity contribution in [3.8, 4) is 23.1 Å². The van der Waals surface area contributed by atoms with Gasteiger partial charge in [0.05, 0.1) is 31.3 Å². The predicted octanol–water partition coefficient (Wildman–Crippen LogP) is 3.84. The molecule has 9 heteroatoms. The van der Waals surface area contributed by atoms with Gasteiger partial charge in [0.2, 0.25) is 5.91 Å². The van der Waals surface area contributed by atoms with Crippen LogP contribution < -0.4 is 14.8 Å². The summed E-state index contributed by atoms with van der Waals surface area (Å²) in [7, 11) is 1.85. The summed E-state index contributed by atoms with van der Waals surface area (Å²) in [6.45, 7) is 5.44. The van der Waals surface area contributed by atoms with E-state index in [0.717, 1.165) is 23.5 Å². The molecular formula is C22H26N4O4S. The van der Waals surface area contributed by atoms with Crippen LogP contribution in [0.3, 0.4) is 0 Å². The quantitative estimate of drug-likeness (QED) is 0.556. The van der Waals surface area contributed by atoms with Crippen molar-refractivity contribution in [2.75, 3.05) is 19.0 Å². The van der Waals surface area contributed by atoms with Gasteiger partial charge in [0.1, 0.15) is 0 Å². The number of nitrogens with one attached hydrogen (secondary N) is 1. The molecule has 1 aliphatic heterocycles. The van der Waals surface area contributed by atoms with Crippen molar-refractivity contribution >= 4 is 17.7 Å². The third-order valence-corrected chi connectivity index (χ3v) is 6.04. The zero-order chi connectivity index (χ0) is 21.8. The third-order valence-electron chi connectivity index (χ3n) is 5.02. The molecule has 0 saturated carbocycles. The highest BCUT2D eigenvalue weighted by molar-refractivity contribution is 7.99. The lowest BCUT2D eigenvalue weighted by atomic mass is 9.95. The molecule has 3 heterocycles. The Bertz CT molecular complexity index is 1030. The van der Waals surface area contributed by atoms with E-state index in [1.165, 1.54) is 11.8 Å². The Balaban J connectivity index is 1.41. The topological polar surface area (TPSA) is 91.4 Å². The van der Waals surface area contributed by atoms with Gasteiger partial charge in [-0.1, -0.05) is 31.7 Å². The van der Waals surface area contributed by atoms with Gasteiger partial charge in [-0.25, -0.2) is 0 Å². The van der Waals surface area contributed by atoms with Crippen LogP contribution >= 0.6 is 11.8 Å². The van der Waals surface area contributed by atoms with Crippen LogP contribution in [0.4, 0.5) is 0 Å². The maximum atomic E-state index is 12.7. The second kappa shape index (κ2) is 9.47. The minimum absolute atomic E-state index is 0.0710. The van der Waals surface area contributed by atoms with E-state index in [-0.39, 0.29) is 23.6 Å². The first-order chi connectivity index (χ1) is 15.0. The fourth-order valence-corrected chi connectivity index (χ4v) is 4.14. The highest BCUT2D eigenvalue weighted by Gasteiger charge is 2.22. The number of aromatic nitrogens is 3. The summed E-state index contributed by atoms with van der Waals surface area (Å²) < 4.78 is 18.7. The van der Waals surface area contributed by atoms with E-state index >= 15 is 0 Å². The monoisotopic (exact) mass is 442 g/mol. The Morgan fingerprint density at radius 2 is 2.00 bits per heavy atom. The second-order valence-corrected chi connectivity index (χ2v) is 8.62. The molecule has 1 unspecified atom stereocenters. The lowest BCUT2D eigenvalue weighted by molar-refractivity contribution is -0.119. The van der Waals surface area contributed by atoms with Gasteiger partial charge in [-0.2, -0.15) is 0 Å². The Labute approximate surface area is 185 Å². The standard InChI is InChI=1S/C22H26N4O4S/c1-14(2)20(15-7-8-16-18(12-15)30-11-5-10-28-16)23-19(27)13-31-22-25-24-21(26(22)3)17-6-4-9-29-17/h4,6-9,12,14,20H,5,10-11,13H2,1-3H3,(H,23,27). The summed E-state index contributed by atoms with van der Waals surface area (Å²) in [5, 5.41) is 12.1. The number of amides is 1. The van der Waals surface area contributed by atoms with E-state index in [1.54, 1.807) is 12.3 Å². The molecule has 31 heavy (non-hydrogen) atoms. The molecule has 8 nitrogen and oxygen atoms in total. The van der Waals surface area contributed by atoms with Crippen molar-refractivity contribution in [1.82, 2.24) is 20.1 Å². The summed E-state index contributed by atoms with van der Waals surface area (Å²) in [6.07, 6.45) is 2.45. The maximum absolute atomic E-state index is 12.7. The Hall–Kier alpha value is -2.94. The molecule has 164 valence electrons. The van der Waals surface area contributed by atoms with Gasteiger partial charge >= 0.3 is 0 Å². The van der Waals surface area contributed by atoms with Crippen LogP contribution in [0.2, 0.25) is 0 Å². The molecule has 1 amide bonds. The molecule has 0 bridgehead atoms. The normalized spacial score (nSPS) is 14.3. The Morgan fingerprint density at radius 3 is 2.74 bits per heavy atom. The SMILES string of the molecule is CC(C)C(NC(=O)CSc1nnc(-c2ccco2)n1C)c1ccc2c(c1)OCCCO2. The van der Waals surface area contributed by atoms with Crippen LogP contribution in [0, 0.1) is 5.92 Å². The molecule has 1 aromatic carbocycles. The van der Waals surface area contributed by atoms with Gasteiger partial charge in [-0.05, 0) is 35.7 Å². The average molecular weight is 443 g/mol. The van der Waals surface area contributed by atoms with E-state index in [0.29, 0.717) is 30.0 Å². The van der Waals surface area contributed by atoms with Crippen LogP contribution in [0.15, 0.2) is 46.2 Å². The number of fused-ring (bicyclic) bond motifs is 1. The maximum Gasteiger partial charge on any atom is 0.230 e. The number of nitrogens with zero attached hydrogens (tertiary/aromatic N) is 3. The van der Waals surface area contributed by atoms with Crippen LogP contribution in [-0.2, 0) is 11.8 Å². The van der Waals surface area contributed by atoms with Gasteiger partial charge in [0.25, 0.3) is 0 Å². The summed E-state index contributed by atoms with van der Waals surface area (Å²) in [6, 6.07) is 9.37. The number of rotatable bonds is 7.